The van der Waals surface area contributed by atoms with Crippen LogP contribution in [-0.4, -0.2) is 45.4 Å². The van der Waals surface area contributed by atoms with Crippen molar-refractivity contribution >= 4 is 12.0 Å². The Labute approximate surface area is 189 Å². The van der Waals surface area contributed by atoms with Gasteiger partial charge in [-0.15, -0.1) is 0 Å². The monoisotopic (exact) mass is 430 g/mol. The van der Waals surface area contributed by atoms with Gasteiger partial charge in [0.2, 0.25) is 0 Å². The Bertz CT molecular complexity index is 1070. The lowest BCUT2D eigenvalue weighted by molar-refractivity contribution is 0.0942. The summed E-state index contributed by atoms with van der Waals surface area (Å²) in [5.41, 5.74) is 6.02. The summed E-state index contributed by atoms with van der Waals surface area (Å²) in [5, 5.41) is 17.0. The summed E-state index contributed by atoms with van der Waals surface area (Å²) in [5.74, 6) is -0.166. The van der Waals surface area contributed by atoms with Crippen molar-refractivity contribution in [2.45, 2.75) is 33.0 Å². The normalized spacial score (nSPS) is 14.2. The third-order valence-electron chi connectivity index (χ3n) is 5.72. The van der Waals surface area contributed by atoms with E-state index in [0.717, 1.165) is 36.3 Å². The average molecular weight is 431 g/mol. The van der Waals surface area contributed by atoms with Crippen LogP contribution in [-0.2, 0) is 26.1 Å². The van der Waals surface area contributed by atoms with Gasteiger partial charge in [-0.05, 0) is 18.1 Å². The molecular formula is C26H30N4O2. The zero-order chi connectivity index (χ0) is 22.3. The number of aliphatic hydroxyl groups excluding tert-OH is 1. The highest BCUT2D eigenvalue weighted by Crippen LogP contribution is 2.24. The van der Waals surface area contributed by atoms with Crippen LogP contribution in [0.2, 0.25) is 0 Å². The van der Waals surface area contributed by atoms with Gasteiger partial charge in [-0.1, -0.05) is 72.3 Å². The first-order valence-electron chi connectivity index (χ1n) is 11.1. The number of carbonyl (C=O) groups excluding carboxylic acids is 1. The molecule has 0 saturated carbocycles. The molecule has 6 nitrogen and oxygen atoms in total. The van der Waals surface area contributed by atoms with Crippen molar-refractivity contribution in [3.05, 3.63) is 94.3 Å². The number of aliphatic hydroxyl groups is 1. The predicted molar refractivity (Wildman–Crippen MR) is 126 cm³/mol. The summed E-state index contributed by atoms with van der Waals surface area (Å²) in [4.78, 5) is 15.4. The topological polar surface area (TPSA) is 70.4 Å². The number of hydrogen-bond donors (Lipinski definition) is 2. The number of nitrogens with one attached hydrogen (secondary N) is 1. The number of carbonyl (C=O) groups is 1. The molecule has 0 radical (unpaired) electrons. The molecule has 2 N–H and O–H groups in total. The number of rotatable bonds is 8. The van der Waals surface area contributed by atoms with E-state index in [4.69, 9.17) is 0 Å². The van der Waals surface area contributed by atoms with Gasteiger partial charge in [-0.25, -0.2) is 0 Å². The predicted octanol–water partition coefficient (Wildman–Crippen LogP) is 3.27. The molecule has 0 bridgehead atoms. The second-order valence-electron chi connectivity index (χ2n) is 8.25. The number of benzene rings is 2. The largest absolute Gasteiger partial charge is 0.394 e. The van der Waals surface area contributed by atoms with Gasteiger partial charge < -0.3 is 10.4 Å². The molecule has 0 unspecified atom stereocenters. The molecule has 0 spiro atoms. The van der Waals surface area contributed by atoms with Gasteiger partial charge in [-0.2, -0.15) is 5.10 Å². The summed E-state index contributed by atoms with van der Waals surface area (Å²) >= 11 is 0. The molecule has 0 fully saturated rings. The molecule has 32 heavy (non-hydrogen) atoms. The van der Waals surface area contributed by atoms with E-state index in [2.05, 4.69) is 40.4 Å². The molecule has 4 rings (SSSR count). The first-order chi connectivity index (χ1) is 15.6. The number of aromatic nitrogens is 2. The number of fused-ring (bicyclic) bond motifs is 1. The Morgan fingerprint density at radius 3 is 2.56 bits per heavy atom. The highest BCUT2D eigenvalue weighted by atomic mass is 16.3. The first kappa shape index (κ1) is 22.0. The van der Waals surface area contributed by atoms with Crippen LogP contribution in [0.4, 0.5) is 0 Å². The van der Waals surface area contributed by atoms with Crippen LogP contribution < -0.4 is 5.32 Å². The summed E-state index contributed by atoms with van der Waals surface area (Å²) in [6.45, 7) is 5.42. The molecule has 1 aromatic heterocycles. The maximum Gasteiger partial charge on any atom is 0.272 e. The highest BCUT2D eigenvalue weighted by Gasteiger charge is 2.28. The lowest BCUT2D eigenvalue weighted by atomic mass is 10.0. The quantitative estimate of drug-likeness (QED) is 0.576. The lowest BCUT2D eigenvalue weighted by Crippen LogP contribution is -2.33. The van der Waals surface area contributed by atoms with E-state index in [9.17, 15) is 9.90 Å². The van der Waals surface area contributed by atoms with Crippen LogP contribution in [0.25, 0.3) is 6.08 Å². The fraction of sp³-hybridized carbons (Fsp3) is 0.308. The smallest absolute Gasteiger partial charge is 0.272 e. The van der Waals surface area contributed by atoms with Crippen molar-refractivity contribution in [2.24, 2.45) is 0 Å². The Morgan fingerprint density at radius 1 is 1.12 bits per heavy atom. The van der Waals surface area contributed by atoms with E-state index in [1.54, 1.807) is 4.68 Å². The number of hydrogen-bond acceptors (Lipinski definition) is 4. The lowest BCUT2D eigenvalue weighted by Gasteiger charge is -2.28. The Morgan fingerprint density at radius 2 is 1.84 bits per heavy atom. The molecule has 1 aliphatic rings. The zero-order valence-electron chi connectivity index (χ0n) is 18.5. The Balaban J connectivity index is 1.49. The van der Waals surface area contributed by atoms with Crippen LogP contribution in [0.15, 0.2) is 66.2 Å². The molecule has 166 valence electrons. The van der Waals surface area contributed by atoms with Gasteiger partial charge in [-0.3, -0.25) is 14.4 Å². The maximum absolute atomic E-state index is 13.0. The van der Waals surface area contributed by atoms with Gasteiger partial charge in [0.25, 0.3) is 5.91 Å². The standard InChI is InChI=1S/C26H30N4O2/c1-20(16-21-8-4-2-5-9-21)18-29-13-12-24-23(19-29)25(28-30(24)14-15-31)26(32)27-17-22-10-6-3-7-11-22/h2-11,16,31H,12-15,17-19H2,1H3,(H,27,32)/b20-16+. The van der Waals surface area contributed by atoms with E-state index in [0.29, 0.717) is 25.3 Å². The van der Waals surface area contributed by atoms with Crippen LogP contribution in [0.3, 0.4) is 0 Å². The van der Waals surface area contributed by atoms with Crippen LogP contribution in [0.1, 0.15) is 39.8 Å². The first-order valence-corrected chi connectivity index (χ1v) is 11.1. The van der Waals surface area contributed by atoms with Crippen molar-refractivity contribution < 1.29 is 9.90 Å². The highest BCUT2D eigenvalue weighted by molar-refractivity contribution is 5.94. The molecule has 1 aliphatic heterocycles. The van der Waals surface area contributed by atoms with E-state index in [1.165, 1.54) is 11.1 Å². The Hall–Kier alpha value is -3.22. The number of amides is 1. The zero-order valence-corrected chi connectivity index (χ0v) is 18.5. The SMILES string of the molecule is C/C(=C\c1ccccc1)CN1CCc2c(c(C(=O)NCc3ccccc3)nn2CCO)C1. The molecule has 1 amide bonds. The van der Waals surface area contributed by atoms with Crippen molar-refractivity contribution in [3.63, 3.8) is 0 Å². The van der Waals surface area contributed by atoms with Crippen molar-refractivity contribution in [1.29, 1.82) is 0 Å². The average Bonchev–Trinajstić information content (AvgIpc) is 3.17. The third-order valence-corrected chi connectivity index (χ3v) is 5.72. The van der Waals surface area contributed by atoms with Crippen molar-refractivity contribution in [1.82, 2.24) is 20.0 Å². The minimum Gasteiger partial charge on any atom is -0.394 e. The molecule has 0 atom stereocenters. The van der Waals surface area contributed by atoms with E-state index < -0.39 is 0 Å². The number of nitrogens with zero attached hydrogens (tertiary/aromatic N) is 3. The summed E-state index contributed by atoms with van der Waals surface area (Å²) in [6.07, 6.45) is 3.02. The van der Waals surface area contributed by atoms with Crippen molar-refractivity contribution in [2.75, 3.05) is 19.7 Å². The van der Waals surface area contributed by atoms with Gasteiger partial charge in [0.1, 0.15) is 0 Å². The van der Waals surface area contributed by atoms with Crippen molar-refractivity contribution in [3.8, 4) is 0 Å². The van der Waals surface area contributed by atoms with Gasteiger partial charge in [0, 0.05) is 43.9 Å². The second kappa shape index (κ2) is 10.4. The van der Waals surface area contributed by atoms with E-state index >= 15 is 0 Å². The summed E-state index contributed by atoms with van der Waals surface area (Å²) in [6, 6.07) is 20.2. The molecule has 2 heterocycles. The molecule has 6 heteroatoms. The second-order valence-corrected chi connectivity index (χ2v) is 8.25. The van der Waals surface area contributed by atoms with Gasteiger partial charge in [0.05, 0.1) is 13.2 Å². The molecule has 3 aromatic rings. The van der Waals surface area contributed by atoms with Gasteiger partial charge in [0.15, 0.2) is 5.69 Å². The maximum atomic E-state index is 13.0. The fourth-order valence-electron chi connectivity index (χ4n) is 4.24. The van der Waals surface area contributed by atoms with Crippen LogP contribution in [0.5, 0.6) is 0 Å². The Kier molecular flexibility index (Phi) is 7.14. The molecule has 2 aromatic carbocycles. The molecule has 0 saturated heterocycles. The summed E-state index contributed by atoms with van der Waals surface area (Å²) < 4.78 is 1.80. The summed E-state index contributed by atoms with van der Waals surface area (Å²) in [7, 11) is 0. The van der Waals surface area contributed by atoms with Crippen LogP contribution in [0, 0.1) is 0 Å². The van der Waals surface area contributed by atoms with Crippen LogP contribution >= 0.6 is 0 Å². The molecular weight excluding hydrogens is 400 g/mol. The van der Waals surface area contributed by atoms with Gasteiger partial charge >= 0.3 is 0 Å². The third kappa shape index (κ3) is 5.33. The fourth-order valence-corrected chi connectivity index (χ4v) is 4.24. The van der Waals surface area contributed by atoms with E-state index in [1.807, 2.05) is 48.5 Å². The minimum absolute atomic E-state index is 0.00182. The van der Waals surface area contributed by atoms with E-state index in [-0.39, 0.29) is 12.5 Å². The molecule has 0 aliphatic carbocycles. The minimum atomic E-state index is -0.166.